The van der Waals surface area contributed by atoms with Crippen molar-refractivity contribution < 1.29 is 24.5 Å². The molecule has 0 radical (unpaired) electrons. The number of aliphatic hydroxyl groups excluding tert-OH is 1. The second kappa shape index (κ2) is 13.3. The molecule has 0 fully saturated rings. The predicted octanol–water partition coefficient (Wildman–Crippen LogP) is 5.71. The molecular weight excluding hydrogens is 392 g/mol. The van der Waals surface area contributed by atoms with Crippen molar-refractivity contribution in [3.8, 4) is 5.75 Å². The first kappa shape index (κ1) is 25.1. The summed E-state index contributed by atoms with van der Waals surface area (Å²) in [5.74, 6) is 0.318. The van der Waals surface area contributed by atoms with Crippen LogP contribution in [0, 0.1) is 5.41 Å². The predicted molar refractivity (Wildman–Crippen MR) is 122 cm³/mol. The molecule has 2 N–H and O–H groups in total. The van der Waals surface area contributed by atoms with Crippen molar-refractivity contribution in [3.05, 3.63) is 42.0 Å². The Hall–Kier alpha value is -2.14. The van der Waals surface area contributed by atoms with Crippen molar-refractivity contribution in [1.29, 1.82) is 0 Å². The van der Waals surface area contributed by atoms with Crippen LogP contribution in [0.4, 0.5) is 0 Å². The molecule has 0 aliphatic heterocycles. The molecule has 172 valence electrons. The molecule has 2 atom stereocenters. The highest BCUT2D eigenvalue weighted by Crippen LogP contribution is 2.47. The van der Waals surface area contributed by atoms with Crippen molar-refractivity contribution in [2.75, 3.05) is 6.61 Å². The van der Waals surface area contributed by atoms with Gasteiger partial charge in [-0.05, 0) is 44.2 Å². The van der Waals surface area contributed by atoms with E-state index in [1.165, 1.54) is 5.57 Å². The number of unbranched alkanes of at least 4 members (excludes halogenated alkanes) is 4. The third kappa shape index (κ3) is 8.13. The number of allylic oxidation sites excluding steroid dienone is 2. The summed E-state index contributed by atoms with van der Waals surface area (Å²) in [5.41, 5.74) is 0.804. The van der Waals surface area contributed by atoms with Gasteiger partial charge in [0.25, 0.3) is 0 Å². The second-order valence-corrected chi connectivity index (χ2v) is 8.67. The number of carbonyl (C=O) groups is 2. The summed E-state index contributed by atoms with van der Waals surface area (Å²) in [6, 6.07) is 9.48. The van der Waals surface area contributed by atoms with Crippen LogP contribution in [-0.2, 0) is 9.59 Å². The molecule has 0 spiro atoms. The summed E-state index contributed by atoms with van der Waals surface area (Å²) < 4.78 is 5.66. The molecule has 0 saturated carbocycles. The maximum atomic E-state index is 13.0. The minimum atomic E-state index is -0.745. The summed E-state index contributed by atoms with van der Waals surface area (Å²) in [5, 5.41) is 19.2. The Bertz CT molecular complexity index is 712. The number of ketones is 1. The van der Waals surface area contributed by atoms with Crippen molar-refractivity contribution in [1.82, 2.24) is 0 Å². The van der Waals surface area contributed by atoms with Gasteiger partial charge in [-0.2, -0.15) is 0 Å². The monoisotopic (exact) mass is 430 g/mol. The Labute approximate surface area is 186 Å². The first-order valence-corrected chi connectivity index (χ1v) is 11.8. The lowest BCUT2D eigenvalue weighted by atomic mass is 9.71. The summed E-state index contributed by atoms with van der Waals surface area (Å²) in [4.78, 5) is 23.6. The van der Waals surface area contributed by atoms with Crippen LogP contribution in [0.25, 0.3) is 0 Å². The van der Waals surface area contributed by atoms with E-state index in [9.17, 15) is 14.7 Å². The highest BCUT2D eigenvalue weighted by atomic mass is 16.5. The number of hydrogen-bond donors (Lipinski definition) is 2. The van der Waals surface area contributed by atoms with E-state index >= 15 is 0 Å². The number of benzene rings is 1. The van der Waals surface area contributed by atoms with E-state index in [1.807, 2.05) is 30.3 Å². The lowest BCUT2D eigenvalue weighted by molar-refractivity contribution is -0.137. The number of rotatable bonds is 16. The maximum absolute atomic E-state index is 13.0. The van der Waals surface area contributed by atoms with Crippen molar-refractivity contribution in [2.45, 2.75) is 90.1 Å². The smallest absolute Gasteiger partial charge is 0.303 e. The van der Waals surface area contributed by atoms with Gasteiger partial charge in [0.15, 0.2) is 0 Å². The SMILES string of the molecule is CCCC[C@]1(CCCCCCC(=O)O)C(=O)CC=C1CCC(O)COc1ccccc1. The fourth-order valence-corrected chi connectivity index (χ4v) is 4.50. The second-order valence-electron chi connectivity index (χ2n) is 8.67. The first-order valence-electron chi connectivity index (χ1n) is 11.8. The Morgan fingerprint density at radius 2 is 1.81 bits per heavy atom. The summed E-state index contributed by atoms with van der Waals surface area (Å²) >= 11 is 0. The van der Waals surface area contributed by atoms with Crippen molar-refractivity contribution in [2.24, 2.45) is 5.41 Å². The van der Waals surface area contributed by atoms with Gasteiger partial charge in [-0.1, -0.05) is 68.9 Å². The fraction of sp³-hybridized carbons (Fsp3) is 0.615. The molecule has 1 aromatic rings. The van der Waals surface area contributed by atoms with Crippen LogP contribution in [0.1, 0.15) is 84.0 Å². The molecule has 1 unspecified atom stereocenters. The third-order valence-electron chi connectivity index (χ3n) is 6.32. The van der Waals surface area contributed by atoms with E-state index < -0.39 is 12.1 Å². The Morgan fingerprint density at radius 3 is 2.52 bits per heavy atom. The number of carboxylic acid groups (broad SMARTS) is 1. The van der Waals surface area contributed by atoms with E-state index in [0.717, 1.165) is 50.7 Å². The molecule has 1 aliphatic rings. The number of aliphatic hydroxyl groups is 1. The molecular formula is C26H38O5. The van der Waals surface area contributed by atoms with Gasteiger partial charge in [-0.25, -0.2) is 0 Å². The molecule has 2 rings (SSSR count). The number of Topliss-reactive ketones (excluding diaryl/α,β-unsaturated/α-hetero) is 1. The van der Waals surface area contributed by atoms with Gasteiger partial charge >= 0.3 is 5.97 Å². The zero-order valence-electron chi connectivity index (χ0n) is 18.9. The minimum Gasteiger partial charge on any atom is -0.491 e. The van der Waals surface area contributed by atoms with Gasteiger partial charge < -0.3 is 14.9 Å². The van der Waals surface area contributed by atoms with E-state index in [1.54, 1.807) is 0 Å². The minimum absolute atomic E-state index is 0.216. The lowest BCUT2D eigenvalue weighted by Gasteiger charge is -2.32. The summed E-state index contributed by atoms with van der Waals surface area (Å²) in [6.07, 6.45) is 10.8. The van der Waals surface area contributed by atoms with E-state index in [4.69, 9.17) is 9.84 Å². The zero-order valence-corrected chi connectivity index (χ0v) is 18.9. The van der Waals surface area contributed by atoms with Gasteiger partial charge in [-0.15, -0.1) is 0 Å². The summed E-state index contributed by atoms with van der Waals surface area (Å²) in [7, 11) is 0. The Morgan fingerprint density at radius 1 is 1.10 bits per heavy atom. The highest BCUT2D eigenvalue weighted by molar-refractivity contribution is 5.92. The van der Waals surface area contributed by atoms with Crippen LogP contribution >= 0.6 is 0 Å². The Balaban J connectivity index is 1.87. The van der Waals surface area contributed by atoms with Crippen LogP contribution < -0.4 is 4.74 Å². The quantitative estimate of drug-likeness (QED) is 0.259. The molecule has 0 amide bonds. The van der Waals surface area contributed by atoms with Gasteiger partial charge in [0.05, 0.1) is 11.5 Å². The van der Waals surface area contributed by atoms with Crippen molar-refractivity contribution in [3.63, 3.8) is 0 Å². The number of aliphatic carboxylic acids is 1. The van der Waals surface area contributed by atoms with E-state index in [0.29, 0.717) is 31.5 Å². The molecule has 0 heterocycles. The molecule has 31 heavy (non-hydrogen) atoms. The van der Waals surface area contributed by atoms with E-state index in [2.05, 4.69) is 13.0 Å². The largest absolute Gasteiger partial charge is 0.491 e. The zero-order chi connectivity index (χ0) is 22.5. The van der Waals surface area contributed by atoms with Crippen LogP contribution in [0.15, 0.2) is 42.0 Å². The standard InChI is InChI=1S/C26H38O5/c1-2-3-18-26(19-10-5-4-9-13-25(29)30)21(15-17-24(26)28)14-16-22(27)20-31-23-11-7-6-8-12-23/h6-8,11-12,15,22,27H,2-5,9-10,13-14,16-20H2,1H3,(H,29,30)/t22?,26-/m1/s1. The van der Waals surface area contributed by atoms with E-state index in [-0.39, 0.29) is 18.4 Å². The van der Waals surface area contributed by atoms with Gasteiger partial charge in [0, 0.05) is 12.8 Å². The van der Waals surface area contributed by atoms with Gasteiger partial charge in [-0.3, -0.25) is 9.59 Å². The summed E-state index contributed by atoms with van der Waals surface area (Å²) in [6.45, 7) is 2.39. The average Bonchev–Trinajstić information content (AvgIpc) is 3.07. The van der Waals surface area contributed by atoms with Crippen LogP contribution in [-0.4, -0.2) is 34.7 Å². The molecule has 5 heteroatoms. The number of carboxylic acids is 1. The maximum Gasteiger partial charge on any atom is 0.303 e. The first-order chi connectivity index (χ1) is 15.0. The molecule has 1 aliphatic carbocycles. The lowest BCUT2D eigenvalue weighted by Crippen LogP contribution is -2.30. The molecule has 0 bridgehead atoms. The molecule has 0 aromatic heterocycles. The molecule has 0 saturated heterocycles. The van der Waals surface area contributed by atoms with Crippen LogP contribution in [0.5, 0.6) is 5.75 Å². The Kier molecular flexibility index (Phi) is 10.8. The van der Waals surface area contributed by atoms with Gasteiger partial charge in [0.2, 0.25) is 0 Å². The normalized spacial score (nSPS) is 19.3. The average molecular weight is 431 g/mol. The van der Waals surface area contributed by atoms with Crippen molar-refractivity contribution >= 4 is 11.8 Å². The van der Waals surface area contributed by atoms with Gasteiger partial charge in [0.1, 0.15) is 18.1 Å². The van der Waals surface area contributed by atoms with Crippen LogP contribution in [0.3, 0.4) is 0 Å². The molecule has 5 nitrogen and oxygen atoms in total. The van der Waals surface area contributed by atoms with Crippen LogP contribution in [0.2, 0.25) is 0 Å². The topological polar surface area (TPSA) is 83.8 Å². The fourth-order valence-electron chi connectivity index (χ4n) is 4.50. The third-order valence-corrected chi connectivity index (χ3v) is 6.32. The molecule has 1 aromatic carbocycles. The number of para-hydroxylation sites is 1. The number of ether oxygens (including phenoxy) is 1. The number of hydrogen-bond acceptors (Lipinski definition) is 4. The number of carbonyl (C=O) groups excluding carboxylic acids is 1. The highest BCUT2D eigenvalue weighted by Gasteiger charge is 2.42.